The van der Waals surface area contributed by atoms with Gasteiger partial charge in [-0.2, -0.15) is 0 Å². The van der Waals surface area contributed by atoms with Crippen molar-refractivity contribution in [3.63, 3.8) is 0 Å². The van der Waals surface area contributed by atoms with E-state index in [1.807, 2.05) is 24.3 Å². The molecule has 0 bridgehead atoms. The van der Waals surface area contributed by atoms with Gasteiger partial charge in [0.1, 0.15) is 11.4 Å². The van der Waals surface area contributed by atoms with Gasteiger partial charge in [-0.15, -0.1) is 0 Å². The maximum absolute atomic E-state index is 11.5. The summed E-state index contributed by atoms with van der Waals surface area (Å²) in [5.41, 5.74) is 0.317. The van der Waals surface area contributed by atoms with Gasteiger partial charge in [0.2, 0.25) is 0 Å². The number of halogens is 1. The molecule has 1 N–H and O–H groups in total. The van der Waals surface area contributed by atoms with Crippen LogP contribution < -0.4 is 5.32 Å². The molecule has 0 atom stereocenters. The number of amidine groups is 1. The van der Waals surface area contributed by atoms with E-state index in [4.69, 9.17) is 11.6 Å². The summed E-state index contributed by atoms with van der Waals surface area (Å²) in [5.74, 6) is 0.623. The van der Waals surface area contributed by atoms with Gasteiger partial charge in [-0.05, 0) is 25.5 Å². The first-order chi connectivity index (χ1) is 7.49. The Morgan fingerprint density at radius 1 is 1.38 bits per heavy atom. The second kappa shape index (κ2) is 3.91. The van der Waals surface area contributed by atoms with Crippen molar-refractivity contribution in [2.45, 2.75) is 25.8 Å². The van der Waals surface area contributed by atoms with Crippen molar-refractivity contribution in [1.82, 2.24) is 5.32 Å². The zero-order valence-electron chi connectivity index (χ0n) is 9.25. The summed E-state index contributed by atoms with van der Waals surface area (Å²) >= 11 is 6.04. The fourth-order valence-corrected chi connectivity index (χ4v) is 1.81. The van der Waals surface area contributed by atoms with E-state index in [-0.39, 0.29) is 5.91 Å². The van der Waals surface area contributed by atoms with Crippen molar-refractivity contribution in [3.8, 4) is 0 Å². The summed E-state index contributed by atoms with van der Waals surface area (Å²) in [6.07, 6.45) is 0.564. The summed E-state index contributed by atoms with van der Waals surface area (Å²) in [6.45, 7) is 3.59. The van der Waals surface area contributed by atoms with E-state index < -0.39 is 5.54 Å². The largest absolute Gasteiger partial charge is 0.312 e. The van der Waals surface area contributed by atoms with Crippen molar-refractivity contribution < 1.29 is 4.79 Å². The smallest absolute Gasteiger partial charge is 0.252 e. The minimum Gasteiger partial charge on any atom is -0.312 e. The summed E-state index contributed by atoms with van der Waals surface area (Å²) < 4.78 is 0. The first-order valence-corrected chi connectivity index (χ1v) is 5.50. The molecule has 0 saturated carbocycles. The summed E-state index contributed by atoms with van der Waals surface area (Å²) in [5, 5.41) is 3.47. The van der Waals surface area contributed by atoms with Crippen LogP contribution in [0, 0.1) is 0 Å². The van der Waals surface area contributed by atoms with Crippen molar-refractivity contribution in [2.24, 2.45) is 4.99 Å². The average Bonchev–Trinajstić information content (AvgIpc) is 2.44. The molecule has 1 amide bonds. The number of amides is 1. The van der Waals surface area contributed by atoms with Crippen LogP contribution in [0.4, 0.5) is 0 Å². The van der Waals surface area contributed by atoms with Gasteiger partial charge in [-0.3, -0.25) is 9.79 Å². The highest BCUT2D eigenvalue weighted by Crippen LogP contribution is 2.19. The van der Waals surface area contributed by atoms with E-state index in [0.29, 0.717) is 17.3 Å². The molecular formula is C12H13ClN2O. The van der Waals surface area contributed by atoms with Gasteiger partial charge >= 0.3 is 0 Å². The lowest BCUT2D eigenvalue weighted by atomic mass is 10.1. The number of rotatable bonds is 2. The monoisotopic (exact) mass is 236 g/mol. The number of carbonyl (C=O) groups excluding carboxylic acids is 1. The lowest BCUT2D eigenvalue weighted by molar-refractivity contribution is -0.122. The molecule has 2 rings (SSSR count). The molecule has 0 saturated heterocycles. The third-order valence-electron chi connectivity index (χ3n) is 2.54. The number of nitrogens with zero attached hydrogens (tertiary/aromatic N) is 1. The molecule has 0 fully saturated rings. The Kier molecular flexibility index (Phi) is 2.72. The Bertz CT molecular complexity index is 466. The number of benzene rings is 1. The first-order valence-electron chi connectivity index (χ1n) is 5.12. The van der Waals surface area contributed by atoms with E-state index in [0.717, 1.165) is 5.56 Å². The van der Waals surface area contributed by atoms with E-state index in [9.17, 15) is 4.79 Å². The molecule has 0 aliphatic carbocycles. The van der Waals surface area contributed by atoms with Crippen LogP contribution in [0.15, 0.2) is 29.3 Å². The number of nitrogens with one attached hydrogen (secondary N) is 1. The average molecular weight is 237 g/mol. The predicted molar refractivity (Wildman–Crippen MR) is 64.8 cm³/mol. The number of hydrogen-bond donors (Lipinski definition) is 1. The Balaban J connectivity index is 2.19. The van der Waals surface area contributed by atoms with E-state index >= 15 is 0 Å². The fraction of sp³-hybridized carbons (Fsp3) is 0.333. The van der Waals surface area contributed by atoms with Gasteiger partial charge < -0.3 is 5.32 Å². The van der Waals surface area contributed by atoms with Crippen LogP contribution in [-0.2, 0) is 11.2 Å². The highest BCUT2D eigenvalue weighted by molar-refractivity contribution is 6.31. The quantitative estimate of drug-likeness (QED) is 0.840. The van der Waals surface area contributed by atoms with Gasteiger partial charge in [0.15, 0.2) is 0 Å². The standard InChI is InChI=1S/C12H13ClN2O/c1-12(2)11(16)14-10(15-12)7-8-5-3-4-6-9(8)13/h3-6H,7H2,1-2H3,(H,14,15,16). The maximum Gasteiger partial charge on any atom is 0.252 e. The molecule has 1 aliphatic rings. The third-order valence-corrected chi connectivity index (χ3v) is 2.91. The zero-order valence-corrected chi connectivity index (χ0v) is 10.0. The molecule has 4 heteroatoms. The lowest BCUT2D eigenvalue weighted by Crippen LogP contribution is -2.34. The van der Waals surface area contributed by atoms with Crippen LogP contribution in [0.3, 0.4) is 0 Å². The molecule has 1 aromatic rings. The van der Waals surface area contributed by atoms with Crippen molar-refractivity contribution in [3.05, 3.63) is 34.9 Å². The number of carbonyl (C=O) groups is 1. The van der Waals surface area contributed by atoms with Crippen LogP contribution >= 0.6 is 11.6 Å². The molecule has 0 unspecified atom stereocenters. The molecule has 1 aliphatic heterocycles. The van der Waals surface area contributed by atoms with Crippen molar-refractivity contribution >= 4 is 23.3 Å². The SMILES string of the molecule is CC1(C)N=C(Cc2ccccc2Cl)NC1=O. The highest BCUT2D eigenvalue weighted by atomic mass is 35.5. The zero-order chi connectivity index (χ0) is 11.8. The molecule has 0 spiro atoms. The molecule has 1 heterocycles. The molecule has 84 valence electrons. The second-order valence-corrected chi connectivity index (χ2v) is 4.75. The van der Waals surface area contributed by atoms with Gasteiger partial charge in [-0.25, -0.2) is 0 Å². The number of hydrogen-bond acceptors (Lipinski definition) is 2. The van der Waals surface area contributed by atoms with Crippen LogP contribution in [0.1, 0.15) is 19.4 Å². The van der Waals surface area contributed by atoms with Crippen molar-refractivity contribution in [2.75, 3.05) is 0 Å². The van der Waals surface area contributed by atoms with E-state index in [2.05, 4.69) is 10.3 Å². The minimum atomic E-state index is -0.656. The lowest BCUT2D eigenvalue weighted by Gasteiger charge is -2.07. The highest BCUT2D eigenvalue weighted by Gasteiger charge is 2.33. The molecule has 0 aromatic heterocycles. The van der Waals surface area contributed by atoms with Crippen LogP contribution in [0.5, 0.6) is 0 Å². The van der Waals surface area contributed by atoms with Crippen LogP contribution in [-0.4, -0.2) is 17.3 Å². The molecular weight excluding hydrogens is 224 g/mol. The van der Waals surface area contributed by atoms with Crippen LogP contribution in [0.2, 0.25) is 5.02 Å². The minimum absolute atomic E-state index is 0.0606. The molecule has 16 heavy (non-hydrogen) atoms. The topological polar surface area (TPSA) is 41.5 Å². The maximum atomic E-state index is 11.5. The van der Waals surface area contributed by atoms with Crippen molar-refractivity contribution in [1.29, 1.82) is 0 Å². The number of aliphatic imine (C=N–C) groups is 1. The normalized spacial score (nSPS) is 18.2. The predicted octanol–water partition coefficient (Wildman–Crippen LogP) is 2.19. The Hall–Kier alpha value is -1.35. The Labute approximate surface area is 99.5 Å². The molecule has 3 nitrogen and oxygen atoms in total. The summed E-state index contributed by atoms with van der Waals surface area (Å²) in [4.78, 5) is 15.9. The Morgan fingerprint density at radius 2 is 2.06 bits per heavy atom. The summed E-state index contributed by atoms with van der Waals surface area (Å²) in [7, 11) is 0. The molecule has 1 aromatic carbocycles. The Morgan fingerprint density at radius 3 is 2.62 bits per heavy atom. The fourth-order valence-electron chi connectivity index (χ4n) is 1.61. The van der Waals surface area contributed by atoms with Gasteiger partial charge in [-0.1, -0.05) is 29.8 Å². The first kappa shape index (κ1) is 11.1. The van der Waals surface area contributed by atoms with Gasteiger partial charge in [0, 0.05) is 11.4 Å². The van der Waals surface area contributed by atoms with E-state index in [1.54, 1.807) is 13.8 Å². The van der Waals surface area contributed by atoms with Gasteiger partial charge in [0.25, 0.3) is 5.91 Å². The van der Waals surface area contributed by atoms with E-state index in [1.165, 1.54) is 0 Å². The summed E-state index contributed by atoms with van der Waals surface area (Å²) in [6, 6.07) is 7.57. The molecule has 0 radical (unpaired) electrons. The second-order valence-electron chi connectivity index (χ2n) is 4.34. The van der Waals surface area contributed by atoms with Gasteiger partial charge in [0.05, 0.1) is 0 Å². The van der Waals surface area contributed by atoms with Crippen LogP contribution in [0.25, 0.3) is 0 Å². The third kappa shape index (κ3) is 2.09.